The summed E-state index contributed by atoms with van der Waals surface area (Å²) in [5, 5.41) is 0. The van der Waals surface area contributed by atoms with Gasteiger partial charge in [0, 0.05) is 38.4 Å². The predicted octanol–water partition coefficient (Wildman–Crippen LogP) is 3.53. The quantitative estimate of drug-likeness (QED) is 0.733. The van der Waals surface area contributed by atoms with Crippen molar-refractivity contribution in [3.8, 4) is 0 Å². The minimum atomic E-state index is -0.175. The lowest BCUT2D eigenvalue weighted by atomic mass is 9.97. The SMILES string of the molecule is CCN1C(=O)C(c2ccc(C)cc2C)=C(N2CCN(c3cccc(C)c3)CC2)C1=O. The van der Waals surface area contributed by atoms with Crippen LogP contribution in [0.2, 0.25) is 0 Å². The van der Waals surface area contributed by atoms with E-state index in [0.717, 1.165) is 29.8 Å². The van der Waals surface area contributed by atoms with Crippen LogP contribution in [0.3, 0.4) is 0 Å². The maximum atomic E-state index is 13.2. The van der Waals surface area contributed by atoms with Crippen molar-refractivity contribution in [2.24, 2.45) is 0 Å². The Morgan fingerprint density at radius 1 is 0.800 bits per heavy atom. The van der Waals surface area contributed by atoms with Gasteiger partial charge in [0.1, 0.15) is 5.70 Å². The molecule has 0 aliphatic carbocycles. The average Bonchev–Trinajstić information content (AvgIpc) is 2.97. The number of carbonyl (C=O) groups is 2. The van der Waals surface area contributed by atoms with E-state index in [0.29, 0.717) is 30.9 Å². The summed E-state index contributed by atoms with van der Waals surface area (Å²) in [6, 6.07) is 14.6. The van der Waals surface area contributed by atoms with Crippen molar-refractivity contribution in [3.05, 3.63) is 70.4 Å². The fraction of sp³-hybridized carbons (Fsp3) is 0.360. The second kappa shape index (κ2) is 7.98. The molecule has 0 bridgehead atoms. The number of benzene rings is 2. The second-order valence-electron chi connectivity index (χ2n) is 8.21. The molecule has 5 nitrogen and oxygen atoms in total. The fourth-order valence-corrected chi connectivity index (χ4v) is 4.49. The number of likely N-dealkylation sites (N-methyl/N-ethyl adjacent to an activating group) is 1. The lowest BCUT2D eigenvalue weighted by molar-refractivity contribution is -0.137. The number of hydrogen-bond donors (Lipinski definition) is 0. The second-order valence-corrected chi connectivity index (χ2v) is 8.21. The Bertz CT molecular complexity index is 1030. The minimum absolute atomic E-state index is 0.165. The van der Waals surface area contributed by atoms with E-state index < -0.39 is 0 Å². The van der Waals surface area contributed by atoms with Crippen molar-refractivity contribution in [1.29, 1.82) is 0 Å². The number of anilines is 1. The minimum Gasteiger partial charge on any atom is -0.368 e. The van der Waals surface area contributed by atoms with E-state index in [9.17, 15) is 9.59 Å². The molecule has 2 aromatic carbocycles. The Morgan fingerprint density at radius 3 is 2.10 bits per heavy atom. The smallest absolute Gasteiger partial charge is 0.277 e. The third-order valence-electron chi connectivity index (χ3n) is 6.07. The lowest BCUT2D eigenvalue weighted by Gasteiger charge is -2.37. The zero-order valence-corrected chi connectivity index (χ0v) is 18.2. The normalized spacial score (nSPS) is 17.4. The summed E-state index contributed by atoms with van der Waals surface area (Å²) in [6.45, 7) is 11.5. The summed E-state index contributed by atoms with van der Waals surface area (Å²) in [5.41, 5.74) is 6.62. The van der Waals surface area contributed by atoms with Gasteiger partial charge in [0.15, 0.2) is 0 Å². The van der Waals surface area contributed by atoms with Gasteiger partial charge in [0.2, 0.25) is 0 Å². The van der Waals surface area contributed by atoms with E-state index in [1.54, 1.807) is 0 Å². The van der Waals surface area contributed by atoms with Gasteiger partial charge in [-0.3, -0.25) is 14.5 Å². The van der Waals surface area contributed by atoms with Crippen LogP contribution in [-0.2, 0) is 9.59 Å². The molecule has 1 saturated heterocycles. The molecule has 156 valence electrons. The first-order chi connectivity index (χ1) is 14.4. The number of carbonyl (C=O) groups excluding carboxylic acids is 2. The standard InChI is InChI=1S/C25H29N3O2/c1-5-28-24(29)22(21-10-9-18(3)15-19(21)4)23(25(28)30)27-13-11-26(12-14-27)20-8-6-7-17(2)16-20/h6-10,15-16H,5,11-14H2,1-4H3. The van der Waals surface area contributed by atoms with Crippen LogP contribution in [0.25, 0.3) is 5.57 Å². The fourth-order valence-electron chi connectivity index (χ4n) is 4.49. The Morgan fingerprint density at radius 2 is 1.47 bits per heavy atom. The molecule has 2 aliphatic rings. The number of piperazine rings is 1. The van der Waals surface area contributed by atoms with Crippen LogP contribution >= 0.6 is 0 Å². The van der Waals surface area contributed by atoms with Crippen molar-refractivity contribution < 1.29 is 9.59 Å². The highest BCUT2D eigenvalue weighted by molar-refractivity contribution is 6.35. The van der Waals surface area contributed by atoms with E-state index in [4.69, 9.17) is 0 Å². The number of aryl methyl sites for hydroxylation is 3. The van der Waals surface area contributed by atoms with Gasteiger partial charge in [-0.25, -0.2) is 0 Å². The molecule has 0 atom stereocenters. The largest absolute Gasteiger partial charge is 0.368 e. The van der Waals surface area contributed by atoms with Crippen LogP contribution in [0.5, 0.6) is 0 Å². The van der Waals surface area contributed by atoms with Crippen LogP contribution in [-0.4, -0.2) is 54.3 Å². The zero-order chi connectivity index (χ0) is 21.4. The Balaban J connectivity index is 1.67. The Labute approximate surface area is 178 Å². The third kappa shape index (κ3) is 3.49. The van der Waals surface area contributed by atoms with E-state index in [-0.39, 0.29) is 11.8 Å². The van der Waals surface area contributed by atoms with Gasteiger partial charge in [0.05, 0.1) is 5.57 Å². The van der Waals surface area contributed by atoms with E-state index in [1.807, 2.05) is 32.9 Å². The molecule has 2 amide bonds. The van der Waals surface area contributed by atoms with Crippen molar-refractivity contribution >= 4 is 23.1 Å². The van der Waals surface area contributed by atoms with E-state index in [2.05, 4.69) is 47.1 Å². The molecule has 30 heavy (non-hydrogen) atoms. The van der Waals surface area contributed by atoms with Gasteiger partial charge in [-0.2, -0.15) is 0 Å². The van der Waals surface area contributed by atoms with Crippen LogP contribution in [0.15, 0.2) is 48.2 Å². The monoisotopic (exact) mass is 403 g/mol. The molecule has 2 heterocycles. The van der Waals surface area contributed by atoms with Gasteiger partial charge >= 0.3 is 0 Å². The summed E-state index contributed by atoms with van der Waals surface area (Å²) >= 11 is 0. The molecule has 0 N–H and O–H groups in total. The molecule has 0 saturated carbocycles. The zero-order valence-electron chi connectivity index (χ0n) is 18.2. The Hall–Kier alpha value is -3.08. The number of rotatable bonds is 4. The number of amides is 2. The molecule has 2 aliphatic heterocycles. The summed E-state index contributed by atoms with van der Waals surface area (Å²) in [4.78, 5) is 32.2. The highest BCUT2D eigenvalue weighted by Crippen LogP contribution is 2.34. The molecule has 2 aromatic rings. The van der Waals surface area contributed by atoms with Crippen molar-refractivity contribution in [1.82, 2.24) is 9.80 Å². The van der Waals surface area contributed by atoms with Gasteiger partial charge in [-0.15, -0.1) is 0 Å². The Kier molecular flexibility index (Phi) is 5.37. The highest BCUT2D eigenvalue weighted by Gasteiger charge is 2.41. The van der Waals surface area contributed by atoms with Crippen LogP contribution in [0, 0.1) is 20.8 Å². The molecule has 4 rings (SSSR count). The van der Waals surface area contributed by atoms with Crippen molar-refractivity contribution in [2.45, 2.75) is 27.7 Å². The number of nitrogens with zero attached hydrogens (tertiary/aromatic N) is 3. The molecular formula is C25H29N3O2. The van der Waals surface area contributed by atoms with Crippen molar-refractivity contribution in [2.75, 3.05) is 37.6 Å². The van der Waals surface area contributed by atoms with Crippen LogP contribution in [0.4, 0.5) is 5.69 Å². The van der Waals surface area contributed by atoms with E-state index >= 15 is 0 Å². The van der Waals surface area contributed by atoms with Gasteiger partial charge < -0.3 is 9.80 Å². The molecule has 0 spiro atoms. The first-order valence-electron chi connectivity index (χ1n) is 10.7. The summed E-state index contributed by atoms with van der Waals surface area (Å²) < 4.78 is 0. The predicted molar refractivity (Wildman–Crippen MR) is 120 cm³/mol. The van der Waals surface area contributed by atoms with Gasteiger partial charge in [-0.1, -0.05) is 35.9 Å². The maximum Gasteiger partial charge on any atom is 0.277 e. The molecule has 0 radical (unpaired) electrons. The lowest BCUT2D eigenvalue weighted by Crippen LogP contribution is -2.47. The van der Waals surface area contributed by atoms with Gasteiger partial charge in [0.25, 0.3) is 11.8 Å². The first kappa shape index (κ1) is 20.2. The molecule has 1 fully saturated rings. The molecule has 0 unspecified atom stereocenters. The van der Waals surface area contributed by atoms with Gasteiger partial charge in [-0.05, 0) is 56.5 Å². The van der Waals surface area contributed by atoms with Crippen LogP contribution in [0.1, 0.15) is 29.2 Å². The summed E-state index contributed by atoms with van der Waals surface area (Å²) in [5.74, 6) is -0.341. The van der Waals surface area contributed by atoms with Crippen LogP contribution < -0.4 is 4.90 Å². The summed E-state index contributed by atoms with van der Waals surface area (Å²) in [6.07, 6.45) is 0. The topological polar surface area (TPSA) is 43.9 Å². The molecule has 5 heteroatoms. The number of imide groups is 1. The summed E-state index contributed by atoms with van der Waals surface area (Å²) in [7, 11) is 0. The maximum absolute atomic E-state index is 13.2. The average molecular weight is 404 g/mol. The first-order valence-corrected chi connectivity index (χ1v) is 10.7. The molecule has 0 aromatic heterocycles. The third-order valence-corrected chi connectivity index (χ3v) is 6.07. The number of hydrogen-bond acceptors (Lipinski definition) is 4. The van der Waals surface area contributed by atoms with E-state index in [1.165, 1.54) is 16.2 Å². The highest BCUT2D eigenvalue weighted by atomic mass is 16.2. The molecular weight excluding hydrogens is 374 g/mol. The van der Waals surface area contributed by atoms with Crippen molar-refractivity contribution in [3.63, 3.8) is 0 Å².